The van der Waals surface area contributed by atoms with Crippen molar-refractivity contribution in [2.45, 2.75) is 55.6 Å². The van der Waals surface area contributed by atoms with Crippen molar-refractivity contribution in [1.29, 1.82) is 0 Å². The Bertz CT molecular complexity index is 2100. The molecule has 1 unspecified atom stereocenters. The van der Waals surface area contributed by atoms with Gasteiger partial charge in [0.05, 0.1) is 17.9 Å². The molecule has 0 aliphatic heterocycles. The molecule has 0 fully saturated rings. The molecule has 0 bridgehead atoms. The van der Waals surface area contributed by atoms with Crippen molar-refractivity contribution in [2.24, 2.45) is 0 Å². The molecule has 3 amide bonds. The van der Waals surface area contributed by atoms with Crippen LogP contribution in [0.25, 0.3) is 16.8 Å². The van der Waals surface area contributed by atoms with Gasteiger partial charge in [-0.05, 0) is 90.9 Å². The third-order valence-electron chi connectivity index (χ3n) is 8.72. The Balaban J connectivity index is 1.19. The molecule has 10 heteroatoms. The van der Waals surface area contributed by atoms with Gasteiger partial charge in [-0.2, -0.15) is 0 Å². The molecule has 6 rings (SSSR count). The summed E-state index contributed by atoms with van der Waals surface area (Å²) in [5, 5.41) is 10.7. The zero-order chi connectivity index (χ0) is 35.7. The summed E-state index contributed by atoms with van der Waals surface area (Å²) in [7, 11) is 1.37. The van der Waals surface area contributed by atoms with Crippen LogP contribution in [0.3, 0.4) is 0 Å². The van der Waals surface area contributed by atoms with Gasteiger partial charge >= 0.3 is 5.97 Å². The van der Waals surface area contributed by atoms with E-state index in [1.165, 1.54) is 30.2 Å². The third kappa shape index (κ3) is 8.76. The Morgan fingerprint density at radius 2 is 1.55 bits per heavy atom. The van der Waals surface area contributed by atoms with Crippen LogP contribution in [0.5, 0.6) is 0 Å². The number of benzene rings is 4. The molecule has 4 aromatic carbocycles. The van der Waals surface area contributed by atoms with E-state index in [1.54, 1.807) is 55.5 Å². The first-order chi connectivity index (χ1) is 24.8. The van der Waals surface area contributed by atoms with Crippen LogP contribution in [0.2, 0.25) is 0 Å². The van der Waals surface area contributed by atoms with Crippen LogP contribution in [-0.2, 0) is 27.2 Å². The molecule has 0 saturated carbocycles. The first-order valence-electron chi connectivity index (χ1n) is 17.0. The number of thiophene rings is 1. The van der Waals surface area contributed by atoms with Gasteiger partial charge < -0.3 is 20.7 Å². The Labute approximate surface area is 305 Å². The van der Waals surface area contributed by atoms with E-state index in [0.29, 0.717) is 21.8 Å². The van der Waals surface area contributed by atoms with E-state index in [1.807, 2.05) is 54.6 Å². The number of fused-ring (bicyclic) bond motifs is 2. The minimum Gasteiger partial charge on any atom is -0.465 e. The molecule has 51 heavy (non-hydrogen) atoms. The van der Waals surface area contributed by atoms with Gasteiger partial charge in [0.2, 0.25) is 5.91 Å². The summed E-state index contributed by atoms with van der Waals surface area (Å²) in [4.78, 5) is 55.2. The van der Waals surface area contributed by atoms with Crippen LogP contribution in [-0.4, -0.2) is 36.1 Å². The average Bonchev–Trinajstić information content (AvgIpc) is 3.46. The SMILES string of the molecule is COC(=O)c1c(NC(=O)C(C)Sc2cccc(NC(=O)/C(=C\c3cccc4ccccc34)NC(=O)c3ccccc3)c2)sc2c1CCCCCC2. The van der Waals surface area contributed by atoms with Crippen molar-refractivity contribution in [3.05, 3.63) is 130 Å². The monoisotopic (exact) mass is 717 g/mol. The number of methoxy groups -OCH3 is 1. The lowest BCUT2D eigenvalue weighted by Gasteiger charge is -2.14. The molecule has 0 radical (unpaired) electrons. The Kier molecular flexibility index (Phi) is 11.7. The highest BCUT2D eigenvalue weighted by Crippen LogP contribution is 2.38. The fourth-order valence-electron chi connectivity index (χ4n) is 6.12. The van der Waals surface area contributed by atoms with E-state index in [4.69, 9.17) is 4.74 Å². The van der Waals surface area contributed by atoms with E-state index in [0.717, 1.165) is 70.2 Å². The number of anilines is 2. The van der Waals surface area contributed by atoms with Gasteiger partial charge in [-0.3, -0.25) is 14.4 Å². The molecule has 1 aliphatic rings. The number of carbonyl (C=O) groups excluding carboxylic acids is 4. The van der Waals surface area contributed by atoms with E-state index in [2.05, 4.69) is 16.0 Å². The minimum absolute atomic E-state index is 0.0810. The second-order valence-electron chi connectivity index (χ2n) is 12.3. The number of ether oxygens (including phenoxy) is 1. The standard InChI is InChI=1S/C41H39N3O5S2/c1-26(37(45)44-40-36(41(48)49-2)33-22-8-3-4-9-23-35(33)51-40)50-31-20-13-19-30(25-31)42-39(47)34(43-38(46)28-15-6-5-7-16-28)24-29-18-12-17-27-14-10-11-21-32(27)29/h5-7,10-21,24-26H,3-4,8-9,22-23H2,1-2H3,(H,42,47)(H,43,46)(H,44,45)/b34-24+. The molecule has 1 atom stereocenters. The fraction of sp³-hybridized carbons (Fsp3) is 0.220. The van der Waals surface area contributed by atoms with Gasteiger partial charge in [0, 0.05) is 21.0 Å². The van der Waals surface area contributed by atoms with Gasteiger partial charge in [0.15, 0.2) is 0 Å². The number of amides is 3. The highest BCUT2D eigenvalue weighted by molar-refractivity contribution is 8.00. The van der Waals surface area contributed by atoms with E-state index < -0.39 is 23.0 Å². The summed E-state index contributed by atoms with van der Waals surface area (Å²) in [5.74, 6) is -1.57. The zero-order valence-corrected chi connectivity index (χ0v) is 30.1. The van der Waals surface area contributed by atoms with Crippen molar-refractivity contribution < 1.29 is 23.9 Å². The quantitative estimate of drug-likeness (QED) is 0.0756. The first kappa shape index (κ1) is 35.6. The molecule has 1 aliphatic carbocycles. The lowest BCUT2D eigenvalue weighted by atomic mass is 9.96. The van der Waals surface area contributed by atoms with Crippen LogP contribution in [0.1, 0.15) is 69.3 Å². The number of thioether (sulfide) groups is 1. The number of hydrogen-bond donors (Lipinski definition) is 3. The molecule has 0 saturated heterocycles. The highest BCUT2D eigenvalue weighted by Gasteiger charge is 2.27. The van der Waals surface area contributed by atoms with Crippen molar-refractivity contribution in [2.75, 3.05) is 17.7 Å². The largest absolute Gasteiger partial charge is 0.465 e. The summed E-state index contributed by atoms with van der Waals surface area (Å²) in [6.45, 7) is 1.80. The van der Waals surface area contributed by atoms with Gasteiger partial charge in [-0.1, -0.05) is 79.6 Å². The molecule has 8 nitrogen and oxygen atoms in total. The summed E-state index contributed by atoms with van der Waals surface area (Å²) < 4.78 is 5.12. The summed E-state index contributed by atoms with van der Waals surface area (Å²) in [6.07, 6.45) is 7.69. The molecule has 5 aromatic rings. The number of nitrogens with one attached hydrogen (secondary N) is 3. The van der Waals surface area contributed by atoms with Crippen LogP contribution in [0.4, 0.5) is 10.7 Å². The molecular weight excluding hydrogens is 679 g/mol. The summed E-state index contributed by atoms with van der Waals surface area (Å²) >= 11 is 2.81. The number of aryl methyl sites for hydroxylation is 1. The third-order valence-corrected chi connectivity index (χ3v) is 11.0. The topological polar surface area (TPSA) is 114 Å². The van der Waals surface area contributed by atoms with E-state index in [-0.39, 0.29) is 11.6 Å². The minimum atomic E-state index is -0.516. The average molecular weight is 718 g/mol. The highest BCUT2D eigenvalue weighted by atomic mass is 32.2. The molecule has 3 N–H and O–H groups in total. The number of esters is 1. The normalized spacial score (nSPS) is 13.6. The predicted molar refractivity (Wildman–Crippen MR) is 206 cm³/mol. The van der Waals surface area contributed by atoms with E-state index in [9.17, 15) is 19.2 Å². The Morgan fingerprint density at radius 3 is 2.35 bits per heavy atom. The molecule has 260 valence electrons. The lowest BCUT2D eigenvalue weighted by Crippen LogP contribution is -2.30. The maximum Gasteiger partial charge on any atom is 0.341 e. The molecule has 1 heterocycles. The Morgan fingerprint density at radius 1 is 0.824 bits per heavy atom. The summed E-state index contributed by atoms with van der Waals surface area (Å²) in [5.41, 5.74) is 3.26. The fourth-order valence-corrected chi connectivity index (χ4v) is 8.32. The van der Waals surface area contributed by atoms with Gasteiger partial charge in [-0.25, -0.2) is 4.79 Å². The van der Waals surface area contributed by atoms with Crippen molar-refractivity contribution >= 4 is 74.3 Å². The number of hydrogen-bond acceptors (Lipinski definition) is 7. The van der Waals surface area contributed by atoms with Gasteiger partial charge in [-0.15, -0.1) is 23.1 Å². The van der Waals surface area contributed by atoms with Crippen molar-refractivity contribution in [3.63, 3.8) is 0 Å². The molecular formula is C41H39N3O5S2. The molecule has 0 spiro atoms. The number of rotatable bonds is 10. The van der Waals surface area contributed by atoms with Gasteiger partial charge in [0.1, 0.15) is 10.7 Å². The van der Waals surface area contributed by atoms with Crippen LogP contribution in [0, 0.1) is 0 Å². The summed E-state index contributed by atoms with van der Waals surface area (Å²) in [6, 6.07) is 29.6. The predicted octanol–water partition coefficient (Wildman–Crippen LogP) is 8.88. The maximum absolute atomic E-state index is 13.8. The lowest BCUT2D eigenvalue weighted by molar-refractivity contribution is -0.115. The van der Waals surface area contributed by atoms with Crippen LogP contribution < -0.4 is 16.0 Å². The maximum atomic E-state index is 13.8. The van der Waals surface area contributed by atoms with Crippen molar-refractivity contribution in [1.82, 2.24) is 5.32 Å². The van der Waals surface area contributed by atoms with Crippen molar-refractivity contribution in [3.8, 4) is 0 Å². The van der Waals surface area contributed by atoms with Gasteiger partial charge in [0.25, 0.3) is 11.8 Å². The number of carbonyl (C=O) groups is 4. The smallest absolute Gasteiger partial charge is 0.341 e. The zero-order valence-electron chi connectivity index (χ0n) is 28.5. The first-order valence-corrected chi connectivity index (χ1v) is 18.7. The second-order valence-corrected chi connectivity index (χ2v) is 14.8. The van der Waals surface area contributed by atoms with Crippen LogP contribution >= 0.6 is 23.1 Å². The Hall–Kier alpha value is -5.19. The van der Waals surface area contributed by atoms with E-state index >= 15 is 0 Å². The molecule has 1 aromatic heterocycles. The second kappa shape index (κ2) is 16.7. The van der Waals surface area contributed by atoms with Crippen LogP contribution in [0.15, 0.2) is 108 Å².